The van der Waals surface area contributed by atoms with E-state index in [-0.39, 0.29) is 5.97 Å². The van der Waals surface area contributed by atoms with Crippen molar-refractivity contribution in [2.75, 3.05) is 7.11 Å². The number of esters is 1. The fraction of sp³-hybridized carbons (Fsp3) is 0.381. The molecule has 0 bridgehead atoms. The Bertz CT molecular complexity index is 728. The van der Waals surface area contributed by atoms with Crippen LogP contribution in [-0.2, 0) is 16.0 Å². The molecule has 1 aromatic rings. The Morgan fingerprint density at radius 1 is 1.25 bits per heavy atom. The van der Waals surface area contributed by atoms with Crippen LogP contribution in [0.5, 0.6) is 5.75 Å². The third-order valence-corrected chi connectivity index (χ3v) is 4.00. The number of hydrogen-bond acceptors (Lipinski definition) is 3. The molecule has 24 heavy (non-hydrogen) atoms. The molecule has 128 valence electrons. The highest BCUT2D eigenvalue weighted by Crippen LogP contribution is 2.37. The van der Waals surface area contributed by atoms with E-state index in [0.717, 1.165) is 17.7 Å². The molecule has 0 unspecified atom stereocenters. The van der Waals surface area contributed by atoms with Gasteiger partial charge in [-0.05, 0) is 81.0 Å². The molecule has 0 radical (unpaired) electrons. The summed E-state index contributed by atoms with van der Waals surface area (Å²) in [4.78, 5) is 11.7. The van der Waals surface area contributed by atoms with E-state index in [2.05, 4.69) is 26.0 Å². The number of hydrogen-bond donors (Lipinski definition) is 0. The van der Waals surface area contributed by atoms with Gasteiger partial charge in [0.25, 0.3) is 0 Å². The van der Waals surface area contributed by atoms with E-state index in [1.165, 1.54) is 28.3 Å². The second-order valence-corrected chi connectivity index (χ2v) is 7.05. The van der Waals surface area contributed by atoms with Crippen LogP contribution in [-0.4, -0.2) is 18.7 Å². The van der Waals surface area contributed by atoms with Crippen molar-refractivity contribution in [3.63, 3.8) is 0 Å². The summed E-state index contributed by atoms with van der Waals surface area (Å²) in [6, 6.07) is 6.20. The molecular weight excluding hydrogens is 300 g/mol. The van der Waals surface area contributed by atoms with Gasteiger partial charge in [0.1, 0.15) is 11.4 Å². The average molecular weight is 326 g/mol. The number of methoxy groups -OCH3 is 1. The summed E-state index contributed by atoms with van der Waals surface area (Å²) < 4.78 is 10.6. The van der Waals surface area contributed by atoms with Crippen molar-refractivity contribution < 1.29 is 14.3 Å². The number of benzene rings is 1. The van der Waals surface area contributed by atoms with E-state index in [4.69, 9.17) is 9.47 Å². The van der Waals surface area contributed by atoms with E-state index in [9.17, 15) is 4.79 Å². The van der Waals surface area contributed by atoms with Gasteiger partial charge >= 0.3 is 5.97 Å². The maximum Gasteiger partial charge on any atom is 0.331 e. The van der Waals surface area contributed by atoms with Crippen molar-refractivity contribution in [1.29, 1.82) is 0 Å². The smallest absolute Gasteiger partial charge is 0.331 e. The van der Waals surface area contributed by atoms with Gasteiger partial charge in [0.2, 0.25) is 0 Å². The quantitative estimate of drug-likeness (QED) is 0.450. The monoisotopic (exact) mass is 326 g/mol. The van der Waals surface area contributed by atoms with Gasteiger partial charge in [0.05, 0.1) is 7.11 Å². The fourth-order valence-electron chi connectivity index (χ4n) is 2.81. The molecule has 0 atom stereocenters. The normalized spacial score (nSPS) is 15.0. The Morgan fingerprint density at radius 2 is 1.96 bits per heavy atom. The maximum absolute atomic E-state index is 11.7. The molecule has 0 aliphatic heterocycles. The first-order chi connectivity index (χ1) is 11.2. The van der Waals surface area contributed by atoms with Crippen LogP contribution in [0.4, 0.5) is 0 Å². The predicted octanol–water partition coefficient (Wildman–Crippen LogP) is 4.87. The first-order valence-electron chi connectivity index (χ1n) is 8.16. The molecule has 0 amide bonds. The zero-order chi connectivity index (χ0) is 17.9. The van der Waals surface area contributed by atoms with Gasteiger partial charge in [0, 0.05) is 6.08 Å². The lowest BCUT2D eigenvalue weighted by molar-refractivity contribution is -0.148. The van der Waals surface area contributed by atoms with Crippen LogP contribution in [0.1, 0.15) is 45.7 Å². The van der Waals surface area contributed by atoms with Crippen molar-refractivity contribution >= 4 is 11.5 Å². The first-order valence-corrected chi connectivity index (χ1v) is 8.16. The summed E-state index contributed by atoms with van der Waals surface area (Å²) in [5.74, 6) is 0.553. The minimum absolute atomic E-state index is 0.323. The summed E-state index contributed by atoms with van der Waals surface area (Å²) in [5, 5.41) is 0. The SMILES string of the molecule is COc1ccc2c(c1)C(C)=C(/C(C)=C/C=C/C(=O)OC(C)(C)C)C2. The molecule has 3 nitrogen and oxygen atoms in total. The van der Waals surface area contributed by atoms with Gasteiger partial charge in [-0.25, -0.2) is 4.79 Å². The van der Waals surface area contributed by atoms with Gasteiger partial charge in [-0.2, -0.15) is 0 Å². The van der Waals surface area contributed by atoms with Gasteiger partial charge in [-0.3, -0.25) is 0 Å². The average Bonchev–Trinajstić information content (AvgIpc) is 2.82. The lowest BCUT2D eigenvalue weighted by Gasteiger charge is -2.17. The second-order valence-electron chi connectivity index (χ2n) is 7.05. The van der Waals surface area contributed by atoms with E-state index < -0.39 is 5.60 Å². The van der Waals surface area contributed by atoms with Crippen LogP contribution in [0.25, 0.3) is 5.57 Å². The summed E-state index contributed by atoms with van der Waals surface area (Å²) in [5.41, 5.74) is 5.81. The number of fused-ring (bicyclic) bond motifs is 1. The van der Waals surface area contributed by atoms with Gasteiger partial charge in [-0.1, -0.05) is 18.2 Å². The number of allylic oxidation sites excluding steroid dienone is 5. The van der Waals surface area contributed by atoms with Crippen LogP contribution >= 0.6 is 0 Å². The minimum Gasteiger partial charge on any atom is -0.497 e. The Hall–Kier alpha value is -2.29. The minimum atomic E-state index is -0.467. The van der Waals surface area contributed by atoms with Crippen molar-refractivity contribution in [3.05, 3.63) is 58.7 Å². The summed E-state index contributed by atoms with van der Waals surface area (Å²) in [6.07, 6.45) is 6.10. The van der Waals surface area contributed by atoms with Gasteiger partial charge < -0.3 is 9.47 Å². The first kappa shape index (κ1) is 18.1. The third-order valence-electron chi connectivity index (χ3n) is 4.00. The number of carbonyl (C=O) groups is 1. The Labute approximate surface area is 144 Å². The highest BCUT2D eigenvalue weighted by molar-refractivity contribution is 5.83. The molecule has 0 aromatic heterocycles. The second kappa shape index (κ2) is 7.08. The molecular formula is C21H26O3. The molecule has 1 aromatic carbocycles. The Kier molecular flexibility index (Phi) is 5.33. The molecule has 0 N–H and O–H groups in total. The zero-order valence-electron chi connectivity index (χ0n) is 15.4. The lowest BCUT2D eigenvalue weighted by atomic mass is 10.0. The number of carbonyl (C=O) groups excluding carboxylic acids is 1. The standard InChI is InChI=1S/C21H26O3/c1-14(8-7-9-20(22)24-21(3,4)5)18-12-16-10-11-17(23-6)13-19(16)15(18)2/h7-11,13H,12H2,1-6H3/b9-7+,14-8+. The molecule has 3 heteroatoms. The van der Waals surface area contributed by atoms with Crippen LogP contribution in [0.2, 0.25) is 0 Å². The van der Waals surface area contributed by atoms with Crippen molar-refractivity contribution in [1.82, 2.24) is 0 Å². The zero-order valence-corrected chi connectivity index (χ0v) is 15.4. The highest BCUT2D eigenvalue weighted by Gasteiger charge is 2.19. The summed E-state index contributed by atoms with van der Waals surface area (Å²) in [6.45, 7) is 9.78. The van der Waals surface area contributed by atoms with Crippen LogP contribution in [0.15, 0.2) is 47.6 Å². The van der Waals surface area contributed by atoms with E-state index >= 15 is 0 Å². The van der Waals surface area contributed by atoms with Crippen LogP contribution < -0.4 is 4.74 Å². The predicted molar refractivity (Wildman–Crippen MR) is 98.0 cm³/mol. The highest BCUT2D eigenvalue weighted by atomic mass is 16.6. The van der Waals surface area contributed by atoms with Gasteiger partial charge in [-0.15, -0.1) is 0 Å². The van der Waals surface area contributed by atoms with Gasteiger partial charge in [0.15, 0.2) is 0 Å². The molecule has 0 fully saturated rings. The molecule has 0 saturated heterocycles. The third kappa shape index (κ3) is 4.38. The maximum atomic E-state index is 11.7. The summed E-state index contributed by atoms with van der Waals surface area (Å²) >= 11 is 0. The van der Waals surface area contributed by atoms with E-state index in [1.54, 1.807) is 13.2 Å². The van der Waals surface area contributed by atoms with Crippen LogP contribution in [0, 0.1) is 0 Å². The van der Waals surface area contributed by atoms with E-state index in [0.29, 0.717) is 0 Å². The van der Waals surface area contributed by atoms with Crippen molar-refractivity contribution in [2.45, 2.75) is 46.6 Å². The Balaban J connectivity index is 2.14. The van der Waals surface area contributed by atoms with Crippen molar-refractivity contribution in [3.8, 4) is 5.75 Å². The number of ether oxygens (including phenoxy) is 2. The summed E-state index contributed by atoms with van der Waals surface area (Å²) in [7, 11) is 1.68. The topological polar surface area (TPSA) is 35.5 Å². The Morgan fingerprint density at radius 3 is 2.58 bits per heavy atom. The van der Waals surface area contributed by atoms with Crippen molar-refractivity contribution in [2.24, 2.45) is 0 Å². The largest absolute Gasteiger partial charge is 0.497 e. The molecule has 1 aliphatic carbocycles. The van der Waals surface area contributed by atoms with Crippen LogP contribution in [0.3, 0.4) is 0 Å². The number of rotatable bonds is 4. The molecule has 1 aliphatic rings. The lowest BCUT2D eigenvalue weighted by Crippen LogP contribution is -2.22. The van der Waals surface area contributed by atoms with E-state index in [1.807, 2.05) is 32.9 Å². The fourth-order valence-corrected chi connectivity index (χ4v) is 2.81. The molecule has 2 rings (SSSR count). The molecule has 0 heterocycles. The molecule has 0 spiro atoms. The molecule has 0 saturated carbocycles.